The molecule has 2 aliphatic heterocycles. The molecule has 5 nitrogen and oxygen atoms in total. The lowest BCUT2D eigenvalue weighted by Crippen LogP contribution is -2.46. The van der Waals surface area contributed by atoms with Crippen LogP contribution in [0.15, 0.2) is 35.7 Å². The Morgan fingerprint density at radius 3 is 2.80 bits per heavy atom. The molecule has 1 unspecified atom stereocenters. The highest BCUT2D eigenvalue weighted by Crippen LogP contribution is 2.57. The zero-order valence-corrected chi connectivity index (χ0v) is 14.5. The number of aromatic nitrogens is 1. The van der Waals surface area contributed by atoms with Crippen LogP contribution in [0.2, 0.25) is 0 Å². The Morgan fingerprint density at radius 2 is 2.08 bits per heavy atom. The molecule has 3 atom stereocenters. The van der Waals surface area contributed by atoms with E-state index in [9.17, 15) is 14.7 Å². The number of hydrogen-bond acceptors (Lipinski definition) is 3. The van der Waals surface area contributed by atoms with Crippen LogP contribution in [0.1, 0.15) is 37.8 Å². The van der Waals surface area contributed by atoms with E-state index < -0.39 is 11.6 Å². The molecule has 0 bridgehead atoms. The van der Waals surface area contributed by atoms with Crippen molar-refractivity contribution in [3.8, 4) is 0 Å². The minimum atomic E-state index is -0.517. The fourth-order valence-electron chi connectivity index (χ4n) is 5.45. The molecule has 5 rings (SSSR count). The summed E-state index contributed by atoms with van der Waals surface area (Å²) in [6.45, 7) is 5.51. The Balaban J connectivity index is 1.78. The van der Waals surface area contributed by atoms with Gasteiger partial charge in [0.1, 0.15) is 17.4 Å². The molecule has 3 heterocycles. The predicted octanol–water partition coefficient (Wildman–Crippen LogP) is 2.83. The van der Waals surface area contributed by atoms with Gasteiger partial charge in [-0.05, 0) is 50.3 Å². The van der Waals surface area contributed by atoms with E-state index in [1.807, 2.05) is 32.2 Å². The molecule has 1 amide bonds. The molecule has 1 aliphatic carbocycles. The van der Waals surface area contributed by atoms with Crippen molar-refractivity contribution in [2.24, 2.45) is 5.92 Å². The quantitative estimate of drug-likeness (QED) is 0.441. The number of carbonyl (C=O) groups is 2. The first-order chi connectivity index (χ1) is 11.8. The number of aromatic amines is 1. The van der Waals surface area contributed by atoms with Crippen LogP contribution in [0.25, 0.3) is 10.9 Å². The van der Waals surface area contributed by atoms with Crippen LogP contribution < -0.4 is 0 Å². The Hall–Kier alpha value is -2.56. The highest BCUT2D eigenvalue weighted by Gasteiger charge is 2.64. The van der Waals surface area contributed by atoms with E-state index in [0.717, 1.165) is 17.5 Å². The zero-order valence-electron chi connectivity index (χ0n) is 14.5. The van der Waals surface area contributed by atoms with Gasteiger partial charge in [0.25, 0.3) is 5.91 Å². The van der Waals surface area contributed by atoms with Crippen LogP contribution in [0.3, 0.4) is 0 Å². The zero-order chi connectivity index (χ0) is 17.7. The van der Waals surface area contributed by atoms with Gasteiger partial charge < -0.3 is 15.0 Å². The van der Waals surface area contributed by atoms with Crippen LogP contribution >= 0.6 is 0 Å². The van der Waals surface area contributed by atoms with Crippen molar-refractivity contribution in [2.45, 2.75) is 44.7 Å². The van der Waals surface area contributed by atoms with Crippen LogP contribution in [0.5, 0.6) is 0 Å². The van der Waals surface area contributed by atoms with Gasteiger partial charge in [-0.3, -0.25) is 9.59 Å². The second kappa shape index (κ2) is 4.34. The van der Waals surface area contributed by atoms with Crippen molar-refractivity contribution >= 4 is 22.6 Å². The number of aliphatic hydroxyl groups is 1. The SMILES string of the molecule is CC(O)=C1C(=O)[C@@H]2C3c4c[nH]c5cccc(c45)C[C@H]3C(C)(C)N2C1=O. The normalized spacial score (nSPS) is 31.5. The van der Waals surface area contributed by atoms with Crippen molar-refractivity contribution in [3.63, 3.8) is 0 Å². The summed E-state index contributed by atoms with van der Waals surface area (Å²) in [6, 6.07) is 5.72. The number of ketones is 1. The molecule has 0 spiro atoms. The maximum Gasteiger partial charge on any atom is 0.262 e. The summed E-state index contributed by atoms with van der Waals surface area (Å²) in [5.74, 6) is -0.594. The third-order valence-electron chi connectivity index (χ3n) is 6.51. The van der Waals surface area contributed by atoms with Crippen LogP contribution in [0.4, 0.5) is 0 Å². The Morgan fingerprint density at radius 1 is 1.32 bits per heavy atom. The average molecular weight is 336 g/mol. The van der Waals surface area contributed by atoms with E-state index in [2.05, 4.69) is 11.1 Å². The molecule has 0 radical (unpaired) electrons. The van der Waals surface area contributed by atoms with E-state index in [-0.39, 0.29) is 34.9 Å². The first-order valence-electron chi connectivity index (χ1n) is 8.70. The molecule has 2 N–H and O–H groups in total. The van der Waals surface area contributed by atoms with Crippen LogP contribution in [-0.2, 0) is 16.0 Å². The predicted molar refractivity (Wildman–Crippen MR) is 93.3 cm³/mol. The van der Waals surface area contributed by atoms with Crippen molar-refractivity contribution in [1.29, 1.82) is 0 Å². The molecule has 1 aromatic carbocycles. The van der Waals surface area contributed by atoms with Crippen molar-refractivity contribution < 1.29 is 14.7 Å². The lowest BCUT2D eigenvalue weighted by molar-refractivity contribution is -0.130. The number of rotatable bonds is 0. The molecular formula is C20H20N2O3. The second-order valence-corrected chi connectivity index (χ2v) is 8.02. The summed E-state index contributed by atoms with van der Waals surface area (Å²) < 4.78 is 0. The molecule has 1 aromatic heterocycles. The number of aliphatic hydroxyl groups excluding tert-OH is 1. The lowest BCUT2D eigenvalue weighted by atomic mass is 9.69. The number of fused-ring (bicyclic) bond motifs is 4. The van der Waals surface area contributed by atoms with Gasteiger partial charge in [0.15, 0.2) is 5.78 Å². The number of benzene rings is 1. The summed E-state index contributed by atoms with van der Waals surface area (Å²) in [6.07, 6.45) is 2.85. The summed E-state index contributed by atoms with van der Waals surface area (Å²) in [5.41, 5.74) is 2.99. The van der Waals surface area contributed by atoms with Crippen LogP contribution in [-0.4, -0.2) is 38.3 Å². The minimum absolute atomic E-state index is 0.0352. The number of H-pyrrole nitrogens is 1. The van der Waals surface area contributed by atoms with Gasteiger partial charge in [-0.25, -0.2) is 0 Å². The Kier molecular flexibility index (Phi) is 2.56. The first kappa shape index (κ1) is 14.8. The molecule has 2 fully saturated rings. The lowest BCUT2D eigenvalue weighted by Gasteiger charge is -2.37. The molecule has 25 heavy (non-hydrogen) atoms. The number of hydrogen-bond donors (Lipinski definition) is 2. The van der Waals surface area contributed by atoms with Gasteiger partial charge >= 0.3 is 0 Å². The van der Waals surface area contributed by atoms with E-state index >= 15 is 0 Å². The number of nitrogens with zero attached hydrogens (tertiary/aromatic N) is 1. The standard InChI is InChI=1S/C20H20N2O3/c1-9(23)14-18(24)17-16-11-8-21-13-6-4-5-10(15(11)13)7-12(16)20(2,3)22(17)19(14)25/h4-6,8,12,16-17,21,23H,7H2,1-3H3/t12-,16?,17+/m1/s1. The largest absolute Gasteiger partial charge is 0.512 e. The second-order valence-electron chi connectivity index (χ2n) is 8.02. The average Bonchev–Trinajstić information content (AvgIpc) is 3.14. The maximum absolute atomic E-state index is 13.0. The fourth-order valence-corrected chi connectivity index (χ4v) is 5.45. The third kappa shape index (κ3) is 1.54. The third-order valence-corrected chi connectivity index (χ3v) is 6.51. The summed E-state index contributed by atoms with van der Waals surface area (Å²) in [7, 11) is 0. The Labute approximate surface area is 145 Å². The van der Waals surface area contributed by atoms with E-state index in [1.54, 1.807) is 4.90 Å². The van der Waals surface area contributed by atoms with Crippen molar-refractivity contribution in [1.82, 2.24) is 9.88 Å². The van der Waals surface area contributed by atoms with Crippen LogP contribution in [0, 0.1) is 5.92 Å². The molecular weight excluding hydrogens is 316 g/mol. The number of nitrogens with one attached hydrogen (secondary N) is 1. The maximum atomic E-state index is 13.0. The van der Waals surface area contributed by atoms with E-state index in [4.69, 9.17) is 0 Å². The molecule has 2 aromatic rings. The first-order valence-corrected chi connectivity index (χ1v) is 8.70. The van der Waals surface area contributed by atoms with Gasteiger partial charge in [-0.2, -0.15) is 0 Å². The fraction of sp³-hybridized carbons (Fsp3) is 0.400. The van der Waals surface area contributed by atoms with Crippen molar-refractivity contribution in [3.05, 3.63) is 46.9 Å². The van der Waals surface area contributed by atoms with Gasteiger partial charge in [0.2, 0.25) is 0 Å². The monoisotopic (exact) mass is 336 g/mol. The molecule has 0 saturated carbocycles. The van der Waals surface area contributed by atoms with Gasteiger partial charge in [-0.1, -0.05) is 12.1 Å². The van der Waals surface area contributed by atoms with E-state index in [0.29, 0.717) is 0 Å². The topological polar surface area (TPSA) is 73.4 Å². The van der Waals surface area contributed by atoms with Gasteiger partial charge in [-0.15, -0.1) is 0 Å². The van der Waals surface area contributed by atoms with Crippen molar-refractivity contribution in [2.75, 3.05) is 0 Å². The van der Waals surface area contributed by atoms with Gasteiger partial charge in [0.05, 0.1) is 0 Å². The molecule has 128 valence electrons. The molecule has 2 saturated heterocycles. The summed E-state index contributed by atoms with van der Waals surface area (Å²) >= 11 is 0. The smallest absolute Gasteiger partial charge is 0.262 e. The molecule has 5 heteroatoms. The number of Topliss-reactive ketones (excluding diaryl/α,β-unsaturated/α-hetero) is 1. The number of carbonyl (C=O) groups excluding carboxylic acids is 2. The van der Waals surface area contributed by atoms with Gasteiger partial charge in [0, 0.05) is 28.6 Å². The Bertz CT molecular complexity index is 994. The van der Waals surface area contributed by atoms with E-state index in [1.165, 1.54) is 17.9 Å². The molecule has 3 aliphatic rings. The summed E-state index contributed by atoms with van der Waals surface area (Å²) in [4.78, 5) is 31.0. The highest BCUT2D eigenvalue weighted by atomic mass is 16.3. The number of amides is 1. The summed E-state index contributed by atoms with van der Waals surface area (Å²) in [5, 5.41) is 11.1. The minimum Gasteiger partial charge on any atom is -0.512 e. The number of allylic oxidation sites excluding steroid dienone is 1. The highest BCUT2D eigenvalue weighted by molar-refractivity contribution is 6.27.